The van der Waals surface area contributed by atoms with Crippen molar-refractivity contribution in [3.05, 3.63) is 101 Å². The zero-order chi connectivity index (χ0) is 25.9. The summed E-state index contributed by atoms with van der Waals surface area (Å²) in [6.45, 7) is 4.60. The first-order valence-electron chi connectivity index (χ1n) is 14.3. The molecular formula is C36H36S2. The van der Waals surface area contributed by atoms with Gasteiger partial charge in [-0.1, -0.05) is 81.3 Å². The quantitative estimate of drug-likeness (QED) is 0.166. The fourth-order valence-corrected chi connectivity index (χ4v) is 7.98. The Bertz CT molecular complexity index is 1640. The molecule has 0 bridgehead atoms. The van der Waals surface area contributed by atoms with Crippen LogP contribution in [0, 0.1) is 0 Å². The Morgan fingerprint density at radius 3 is 1.89 bits per heavy atom. The Balaban J connectivity index is 1.42. The van der Waals surface area contributed by atoms with Crippen LogP contribution in [0.5, 0.6) is 0 Å². The number of hydrogen-bond donors (Lipinski definition) is 0. The summed E-state index contributed by atoms with van der Waals surface area (Å²) < 4.78 is 0. The van der Waals surface area contributed by atoms with Crippen LogP contribution in [-0.4, -0.2) is 0 Å². The Hall–Kier alpha value is -2.94. The molecule has 0 spiro atoms. The van der Waals surface area contributed by atoms with Crippen LogP contribution < -0.4 is 0 Å². The highest BCUT2D eigenvalue weighted by atomic mass is 32.1. The number of fused-ring (bicyclic) bond motifs is 2. The summed E-state index contributed by atoms with van der Waals surface area (Å²) in [6.07, 6.45) is 16.2. The molecule has 0 fully saturated rings. The molecule has 0 aliphatic heterocycles. The first kappa shape index (κ1) is 25.3. The maximum Gasteiger partial charge on any atom is 0.0449 e. The minimum absolute atomic E-state index is 1.14. The second-order valence-corrected chi connectivity index (χ2v) is 12.6. The molecule has 2 heterocycles. The maximum atomic E-state index is 2.50. The van der Waals surface area contributed by atoms with E-state index < -0.39 is 0 Å². The Labute approximate surface area is 235 Å². The molecule has 192 valence electrons. The summed E-state index contributed by atoms with van der Waals surface area (Å²) in [5.41, 5.74) is 5.89. The molecule has 0 radical (unpaired) electrons. The lowest BCUT2D eigenvalue weighted by Crippen LogP contribution is -1.97. The van der Waals surface area contributed by atoms with Crippen molar-refractivity contribution in [1.82, 2.24) is 0 Å². The van der Waals surface area contributed by atoms with E-state index in [-0.39, 0.29) is 0 Å². The third kappa shape index (κ3) is 4.93. The smallest absolute Gasteiger partial charge is 0.0449 e. The van der Waals surface area contributed by atoms with Gasteiger partial charge in [0.1, 0.15) is 0 Å². The van der Waals surface area contributed by atoms with Gasteiger partial charge < -0.3 is 0 Å². The third-order valence-corrected chi connectivity index (χ3v) is 10.4. The van der Waals surface area contributed by atoms with Crippen molar-refractivity contribution in [2.75, 3.05) is 0 Å². The molecule has 2 aromatic heterocycles. The standard InChI is InChI=1S/C36H36S2/c1-3-5-14-27-28-16-10-11-17-29(28)30(15-6-4-2)32-24-26(18-19-31(27)32)34-21-23-36(38-34)35-22-20-33(37-35)25-12-8-7-9-13-25/h7-8,10-12,16-24H,3-6,9,13-15H2,1-2H3. The Morgan fingerprint density at radius 2 is 1.24 bits per heavy atom. The molecule has 1 aliphatic rings. The molecule has 5 aromatic rings. The number of thiophene rings is 2. The highest BCUT2D eigenvalue weighted by Gasteiger charge is 2.16. The maximum absolute atomic E-state index is 2.50. The van der Waals surface area contributed by atoms with Gasteiger partial charge in [-0.05, 0) is 113 Å². The van der Waals surface area contributed by atoms with E-state index in [1.165, 1.54) is 89.0 Å². The number of hydrogen-bond acceptors (Lipinski definition) is 2. The lowest BCUT2D eigenvalue weighted by Gasteiger charge is -2.18. The van der Waals surface area contributed by atoms with Gasteiger partial charge in [-0.2, -0.15) is 0 Å². The molecule has 1 aliphatic carbocycles. The molecule has 2 heteroatoms. The second kappa shape index (κ2) is 11.4. The van der Waals surface area contributed by atoms with Gasteiger partial charge >= 0.3 is 0 Å². The highest BCUT2D eigenvalue weighted by molar-refractivity contribution is 7.24. The van der Waals surface area contributed by atoms with Crippen molar-refractivity contribution >= 4 is 49.8 Å². The highest BCUT2D eigenvalue weighted by Crippen LogP contribution is 2.42. The molecule has 38 heavy (non-hydrogen) atoms. The van der Waals surface area contributed by atoms with Gasteiger partial charge in [0, 0.05) is 19.5 Å². The normalized spacial score (nSPS) is 13.5. The van der Waals surface area contributed by atoms with Gasteiger partial charge in [0.2, 0.25) is 0 Å². The van der Waals surface area contributed by atoms with Crippen LogP contribution in [0.4, 0.5) is 0 Å². The van der Waals surface area contributed by atoms with E-state index in [0.29, 0.717) is 0 Å². The summed E-state index contributed by atoms with van der Waals surface area (Å²) in [6, 6.07) is 25.7. The molecule has 0 nitrogen and oxygen atoms in total. The van der Waals surface area contributed by atoms with Gasteiger partial charge in [-0.25, -0.2) is 0 Å². The van der Waals surface area contributed by atoms with E-state index in [1.54, 1.807) is 0 Å². The van der Waals surface area contributed by atoms with Gasteiger partial charge in [-0.3, -0.25) is 0 Å². The number of aryl methyl sites for hydroxylation is 2. The zero-order valence-electron chi connectivity index (χ0n) is 22.6. The molecule has 0 saturated heterocycles. The van der Waals surface area contributed by atoms with E-state index >= 15 is 0 Å². The number of allylic oxidation sites excluding steroid dienone is 4. The minimum atomic E-state index is 1.14. The molecule has 3 aromatic carbocycles. The second-order valence-electron chi connectivity index (χ2n) is 10.5. The fraction of sp³-hybridized carbons (Fsp3) is 0.278. The minimum Gasteiger partial charge on any atom is -0.135 e. The SMILES string of the molecule is CCCCc1c2ccccc2c(CCCC)c2cc(-c3ccc(-c4ccc(C5=CC=CCC5)s4)s3)ccc12. The Kier molecular flexibility index (Phi) is 7.63. The van der Waals surface area contributed by atoms with Gasteiger partial charge in [-0.15, -0.1) is 22.7 Å². The molecule has 6 rings (SSSR count). The topological polar surface area (TPSA) is 0 Å². The van der Waals surface area contributed by atoms with Crippen molar-refractivity contribution in [1.29, 1.82) is 0 Å². The first-order chi connectivity index (χ1) is 18.8. The van der Waals surface area contributed by atoms with Crippen molar-refractivity contribution in [3.63, 3.8) is 0 Å². The number of benzene rings is 3. The summed E-state index contributed by atoms with van der Waals surface area (Å²) in [5.74, 6) is 0. The van der Waals surface area contributed by atoms with Crippen LogP contribution in [0.2, 0.25) is 0 Å². The van der Waals surface area contributed by atoms with Crippen LogP contribution in [0.3, 0.4) is 0 Å². The summed E-state index contributed by atoms with van der Waals surface area (Å²) in [5, 5.41) is 5.84. The largest absolute Gasteiger partial charge is 0.135 e. The van der Waals surface area contributed by atoms with Crippen LogP contribution in [0.1, 0.15) is 68.4 Å². The molecular weight excluding hydrogens is 497 g/mol. The van der Waals surface area contributed by atoms with E-state index in [4.69, 9.17) is 0 Å². The van der Waals surface area contributed by atoms with Crippen molar-refractivity contribution in [3.8, 4) is 20.2 Å². The lowest BCUT2D eigenvalue weighted by molar-refractivity contribution is 0.797. The van der Waals surface area contributed by atoms with E-state index in [0.717, 1.165) is 25.7 Å². The average molecular weight is 533 g/mol. The summed E-state index contributed by atoms with van der Waals surface area (Å²) in [7, 11) is 0. The number of unbranched alkanes of at least 4 members (excludes halogenated alkanes) is 2. The van der Waals surface area contributed by atoms with E-state index in [9.17, 15) is 0 Å². The monoisotopic (exact) mass is 532 g/mol. The molecule has 0 amide bonds. The van der Waals surface area contributed by atoms with Gasteiger partial charge in [0.05, 0.1) is 0 Å². The molecule has 0 saturated carbocycles. The average Bonchev–Trinajstić information content (AvgIpc) is 3.66. The third-order valence-electron chi connectivity index (χ3n) is 7.88. The molecule has 0 unspecified atom stereocenters. The van der Waals surface area contributed by atoms with Crippen LogP contribution >= 0.6 is 22.7 Å². The van der Waals surface area contributed by atoms with Crippen molar-refractivity contribution in [2.24, 2.45) is 0 Å². The fourth-order valence-electron chi connectivity index (χ4n) is 5.83. The van der Waals surface area contributed by atoms with Crippen LogP contribution in [0.25, 0.3) is 47.3 Å². The predicted octanol–water partition coefficient (Wildman–Crippen LogP) is 11.9. The number of rotatable bonds is 9. The first-order valence-corrected chi connectivity index (χ1v) is 15.9. The Morgan fingerprint density at radius 1 is 0.632 bits per heavy atom. The van der Waals surface area contributed by atoms with E-state index in [2.05, 4.69) is 98.8 Å². The summed E-state index contributed by atoms with van der Waals surface area (Å²) >= 11 is 3.86. The van der Waals surface area contributed by atoms with Gasteiger partial charge in [0.25, 0.3) is 0 Å². The summed E-state index contributed by atoms with van der Waals surface area (Å²) in [4.78, 5) is 5.53. The van der Waals surface area contributed by atoms with Gasteiger partial charge in [0.15, 0.2) is 0 Å². The lowest BCUT2D eigenvalue weighted by atomic mass is 9.87. The molecule has 0 N–H and O–H groups in total. The zero-order valence-corrected chi connectivity index (χ0v) is 24.2. The predicted molar refractivity (Wildman–Crippen MR) is 172 cm³/mol. The van der Waals surface area contributed by atoms with Crippen LogP contribution in [-0.2, 0) is 12.8 Å². The van der Waals surface area contributed by atoms with Crippen molar-refractivity contribution in [2.45, 2.75) is 65.2 Å². The van der Waals surface area contributed by atoms with Crippen molar-refractivity contribution < 1.29 is 0 Å². The molecule has 0 atom stereocenters. The van der Waals surface area contributed by atoms with E-state index in [1.807, 2.05) is 22.7 Å². The van der Waals surface area contributed by atoms with Crippen LogP contribution in [0.15, 0.2) is 85.0 Å².